The summed E-state index contributed by atoms with van der Waals surface area (Å²) in [6, 6.07) is 4.27. The van der Waals surface area contributed by atoms with Crippen molar-refractivity contribution in [3.63, 3.8) is 0 Å². The molecule has 5 heteroatoms. The quantitative estimate of drug-likeness (QED) is 0.309. The molecule has 1 aromatic rings. The summed E-state index contributed by atoms with van der Waals surface area (Å²) in [4.78, 5) is 4.12. The van der Waals surface area contributed by atoms with Crippen LogP contribution in [0.4, 0.5) is 0 Å². The fraction of sp³-hybridized carbons (Fsp3) is 0.538. The Labute approximate surface area is 107 Å². The van der Waals surface area contributed by atoms with Crippen molar-refractivity contribution in [3.8, 4) is 0 Å². The molecule has 1 aliphatic rings. The smallest absolute Gasteiger partial charge is 0.139 e. The first-order chi connectivity index (χ1) is 8.65. The first-order valence-electron chi connectivity index (χ1n) is 6.25. The lowest BCUT2D eigenvalue weighted by Crippen LogP contribution is -2.30. The molecule has 4 N–H and O–H groups in total. The summed E-state index contributed by atoms with van der Waals surface area (Å²) >= 11 is 0. The van der Waals surface area contributed by atoms with Gasteiger partial charge in [0.1, 0.15) is 5.84 Å². The summed E-state index contributed by atoms with van der Waals surface area (Å²) < 4.78 is 0. The van der Waals surface area contributed by atoms with Crippen molar-refractivity contribution < 1.29 is 5.21 Å². The fourth-order valence-electron chi connectivity index (χ4n) is 2.13. The van der Waals surface area contributed by atoms with E-state index in [1.54, 1.807) is 6.20 Å². The van der Waals surface area contributed by atoms with Gasteiger partial charge < -0.3 is 16.3 Å². The van der Waals surface area contributed by atoms with Gasteiger partial charge >= 0.3 is 0 Å². The topological polar surface area (TPSA) is 83.5 Å². The largest absolute Gasteiger partial charge is 0.409 e. The van der Waals surface area contributed by atoms with Crippen LogP contribution in [0.5, 0.6) is 0 Å². The summed E-state index contributed by atoms with van der Waals surface area (Å²) in [5.41, 5.74) is 6.94. The minimum Gasteiger partial charge on any atom is -0.409 e. The lowest BCUT2D eigenvalue weighted by Gasteiger charge is -2.19. The van der Waals surface area contributed by atoms with Crippen LogP contribution in [-0.4, -0.2) is 22.6 Å². The van der Waals surface area contributed by atoms with Crippen LogP contribution in [0.2, 0.25) is 0 Å². The molecule has 1 heterocycles. The molecule has 0 spiro atoms. The first-order valence-corrected chi connectivity index (χ1v) is 6.25. The van der Waals surface area contributed by atoms with E-state index in [1.807, 2.05) is 12.3 Å². The maximum atomic E-state index is 8.62. The van der Waals surface area contributed by atoms with Crippen molar-refractivity contribution in [3.05, 3.63) is 30.1 Å². The second-order valence-electron chi connectivity index (χ2n) is 5.16. The molecule has 0 aromatic carbocycles. The van der Waals surface area contributed by atoms with Gasteiger partial charge in [0, 0.05) is 31.4 Å². The van der Waals surface area contributed by atoms with Gasteiger partial charge in [-0.25, -0.2) is 0 Å². The fourth-order valence-corrected chi connectivity index (χ4v) is 2.13. The van der Waals surface area contributed by atoms with E-state index in [-0.39, 0.29) is 11.5 Å². The van der Waals surface area contributed by atoms with Crippen molar-refractivity contribution in [2.75, 3.05) is 6.54 Å². The third-order valence-electron chi connectivity index (χ3n) is 3.61. The second-order valence-corrected chi connectivity index (χ2v) is 5.16. The van der Waals surface area contributed by atoms with Gasteiger partial charge in [-0.05, 0) is 36.8 Å². The van der Waals surface area contributed by atoms with E-state index in [9.17, 15) is 0 Å². The number of aromatic nitrogens is 1. The highest BCUT2D eigenvalue weighted by Gasteiger charge is 2.43. The number of amidine groups is 1. The third kappa shape index (κ3) is 3.20. The molecule has 1 aromatic heterocycles. The average Bonchev–Trinajstić information content (AvgIpc) is 3.17. The molecule has 1 saturated carbocycles. The molecule has 0 radical (unpaired) electrons. The molecule has 2 rings (SSSR count). The van der Waals surface area contributed by atoms with Gasteiger partial charge in [0.15, 0.2) is 0 Å². The Morgan fingerprint density at radius 3 is 3.00 bits per heavy atom. The van der Waals surface area contributed by atoms with Crippen molar-refractivity contribution >= 4 is 5.84 Å². The van der Waals surface area contributed by atoms with Gasteiger partial charge in [-0.1, -0.05) is 11.2 Å². The molecular formula is C13H20N4O. The Morgan fingerprint density at radius 2 is 2.44 bits per heavy atom. The standard InChI is InChI=1S/C13H20N4O/c1-10(11-3-2-6-15-8-11)16-9-13(4-5-13)7-12(14)17-18/h2-3,6,8,10,16,18H,4-5,7,9H2,1H3,(H2,14,17)/t10-/m0/s1. The van der Waals surface area contributed by atoms with E-state index >= 15 is 0 Å². The number of oxime groups is 1. The van der Waals surface area contributed by atoms with Gasteiger partial charge in [-0.15, -0.1) is 0 Å². The zero-order valence-electron chi connectivity index (χ0n) is 10.6. The number of nitrogens with zero attached hydrogens (tertiary/aromatic N) is 2. The molecule has 0 amide bonds. The van der Waals surface area contributed by atoms with E-state index < -0.39 is 0 Å². The predicted molar refractivity (Wildman–Crippen MR) is 70.3 cm³/mol. The summed E-state index contributed by atoms with van der Waals surface area (Å²) in [6.07, 6.45) is 6.58. The third-order valence-corrected chi connectivity index (χ3v) is 3.61. The minimum atomic E-state index is 0.187. The summed E-state index contributed by atoms with van der Waals surface area (Å²) in [5.74, 6) is 0.323. The van der Waals surface area contributed by atoms with Crippen molar-refractivity contribution in [1.29, 1.82) is 0 Å². The van der Waals surface area contributed by atoms with Crippen molar-refractivity contribution in [2.24, 2.45) is 16.3 Å². The van der Waals surface area contributed by atoms with Crippen LogP contribution in [0.1, 0.15) is 37.8 Å². The maximum absolute atomic E-state index is 8.62. The molecule has 18 heavy (non-hydrogen) atoms. The van der Waals surface area contributed by atoms with E-state index in [4.69, 9.17) is 10.9 Å². The van der Waals surface area contributed by atoms with Gasteiger partial charge in [0.05, 0.1) is 0 Å². The van der Waals surface area contributed by atoms with Gasteiger partial charge in [0.2, 0.25) is 0 Å². The summed E-state index contributed by atoms with van der Waals surface area (Å²) in [5, 5.41) is 15.2. The number of nitrogens with two attached hydrogens (primary N) is 1. The van der Waals surface area contributed by atoms with E-state index in [0.717, 1.165) is 19.4 Å². The van der Waals surface area contributed by atoms with Gasteiger partial charge in [-0.2, -0.15) is 0 Å². The number of pyridine rings is 1. The van der Waals surface area contributed by atoms with Crippen molar-refractivity contribution in [2.45, 2.75) is 32.2 Å². The molecule has 1 fully saturated rings. The zero-order valence-corrected chi connectivity index (χ0v) is 10.6. The SMILES string of the molecule is C[C@H](NCC1(C/C(N)=N/O)CC1)c1cccnc1. The average molecular weight is 248 g/mol. The van der Waals surface area contributed by atoms with Crippen LogP contribution >= 0.6 is 0 Å². The van der Waals surface area contributed by atoms with Crippen LogP contribution in [-0.2, 0) is 0 Å². The Kier molecular flexibility index (Phi) is 3.81. The molecule has 1 aliphatic carbocycles. The van der Waals surface area contributed by atoms with Crippen LogP contribution < -0.4 is 11.1 Å². The Morgan fingerprint density at radius 1 is 1.67 bits per heavy atom. The number of nitrogens with one attached hydrogen (secondary N) is 1. The van der Waals surface area contributed by atoms with Gasteiger partial charge in [0.25, 0.3) is 0 Å². The zero-order chi connectivity index (χ0) is 13.0. The predicted octanol–water partition coefficient (Wildman–Crippen LogP) is 1.65. The van der Waals surface area contributed by atoms with Crippen LogP contribution in [0.3, 0.4) is 0 Å². The van der Waals surface area contributed by atoms with E-state index in [0.29, 0.717) is 12.3 Å². The lowest BCUT2D eigenvalue weighted by atomic mass is 10.0. The highest BCUT2D eigenvalue weighted by molar-refractivity contribution is 5.80. The highest BCUT2D eigenvalue weighted by atomic mass is 16.4. The molecule has 5 nitrogen and oxygen atoms in total. The Hall–Kier alpha value is -1.62. The van der Waals surface area contributed by atoms with Crippen LogP contribution in [0.15, 0.2) is 29.7 Å². The molecular weight excluding hydrogens is 228 g/mol. The lowest BCUT2D eigenvalue weighted by molar-refractivity contribution is 0.313. The molecule has 0 unspecified atom stereocenters. The number of rotatable bonds is 6. The van der Waals surface area contributed by atoms with Crippen molar-refractivity contribution in [1.82, 2.24) is 10.3 Å². The van der Waals surface area contributed by atoms with Crippen LogP contribution in [0, 0.1) is 5.41 Å². The van der Waals surface area contributed by atoms with Gasteiger partial charge in [-0.3, -0.25) is 4.98 Å². The van der Waals surface area contributed by atoms with Crippen LogP contribution in [0.25, 0.3) is 0 Å². The first kappa shape index (κ1) is 12.8. The monoisotopic (exact) mass is 248 g/mol. The molecule has 0 saturated heterocycles. The highest BCUT2D eigenvalue weighted by Crippen LogP contribution is 2.48. The second kappa shape index (κ2) is 5.35. The van der Waals surface area contributed by atoms with E-state index in [2.05, 4.69) is 28.4 Å². The Bertz CT molecular complexity index is 414. The normalized spacial score (nSPS) is 19.5. The molecule has 0 bridgehead atoms. The molecule has 1 atom stereocenters. The maximum Gasteiger partial charge on any atom is 0.139 e. The number of hydrogen-bond donors (Lipinski definition) is 3. The summed E-state index contributed by atoms with van der Waals surface area (Å²) in [6.45, 7) is 3.01. The van der Waals surface area contributed by atoms with E-state index in [1.165, 1.54) is 5.56 Å². The molecule has 98 valence electrons. The Balaban J connectivity index is 1.85. The summed E-state index contributed by atoms with van der Waals surface area (Å²) in [7, 11) is 0. The number of hydrogen-bond acceptors (Lipinski definition) is 4. The molecule has 0 aliphatic heterocycles. The minimum absolute atomic E-state index is 0.187.